The van der Waals surface area contributed by atoms with Crippen LogP contribution in [0.1, 0.15) is 6.42 Å². The Labute approximate surface area is 65.2 Å². The van der Waals surface area contributed by atoms with E-state index in [4.69, 9.17) is 0 Å². The van der Waals surface area contributed by atoms with Gasteiger partial charge in [-0.2, -0.15) is 0 Å². The van der Waals surface area contributed by atoms with Gasteiger partial charge in [-0.05, 0) is 41.9 Å². The first-order valence-corrected chi connectivity index (χ1v) is 4.93. The maximum absolute atomic E-state index is 11.7. The zero-order chi connectivity index (χ0) is 6.90. The summed E-state index contributed by atoms with van der Waals surface area (Å²) in [5, 5.41) is 0. The number of hydrogen-bond donors (Lipinski definition) is 0. The van der Waals surface area contributed by atoms with Crippen LogP contribution in [0.25, 0.3) is 0 Å². The predicted molar refractivity (Wildman–Crippen MR) is 37.5 cm³/mol. The van der Waals surface area contributed by atoms with E-state index in [2.05, 4.69) is 0 Å². The number of ketones is 1. The maximum Gasteiger partial charge on any atom is 0.140 e. The highest BCUT2D eigenvalue weighted by Crippen LogP contribution is 2.87. The van der Waals surface area contributed by atoms with E-state index in [9.17, 15) is 4.79 Å². The van der Waals surface area contributed by atoms with Gasteiger partial charge in [-0.25, -0.2) is 0 Å². The summed E-state index contributed by atoms with van der Waals surface area (Å²) in [7, 11) is 0. The van der Waals surface area contributed by atoms with Crippen LogP contribution in [0.15, 0.2) is 0 Å². The van der Waals surface area contributed by atoms with Crippen molar-refractivity contribution >= 4 is 5.78 Å². The molecule has 6 fully saturated rings. The summed E-state index contributed by atoms with van der Waals surface area (Å²) in [4.78, 5) is 11.7. The van der Waals surface area contributed by atoms with Gasteiger partial charge in [0.05, 0.1) is 0 Å². The molecule has 1 heteroatoms. The highest BCUT2D eigenvalue weighted by molar-refractivity contribution is 5.93. The van der Waals surface area contributed by atoms with E-state index in [1.165, 1.54) is 6.42 Å². The van der Waals surface area contributed by atoms with Crippen molar-refractivity contribution in [2.24, 2.45) is 47.3 Å². The third kappa shape index (κ3) is 0.213. The van der Waals surface area contributed by atoms with Gasteiger partial charge in [0.15, 0.2) is 0 Å². The summed E-state index contributed by atoms with van der Waals surface area (Å²) >= 11 is 0. The van der Waals surface area contributed by atoms with Gasteiger partial charge in [0.25, 0.3) is 0 Å². The smallest absolute Gasteiger partial charge is 0.140 e. The van der Waals surface area contributed by atoms with Crippen molar-refractivity contribution in [3.63, 3.8) is 0 Å². The fraction of sp³-hybridized carbons (Fsp3) is 0.900. The molecule has 0 amide bonds. The zero-order valence-corrected chi connectivity index (χ0v) is 6.23. The highest BCUT2D eigenvalue weighted by Gasteiger charge is 2.87. The standard InChI is InChI=1S/C10H10O/c11-10-7-3-1-2-4-5(3)9(10)8(4)6(2)7/h2-9H,1H2. The first-order chi connectivity index (χ1) is 5.39. The summed E-state index contributed by atoms with van der Waals surface area (Å²) < 4.78 is 0. The lowest BCUT2D eigenvalue weighted by Crippen LogP contribution is -2.60. The molecule has 6 aliphatic carbocycles. The van der Waals surface area contributed by atoms with Crippen LogP contribution in [0.5, 0.6) is 0 Å². The molecule has 8 atom stereocenters. The van der Waals surface area contributed by atoms with Gasteiger partial charge in [0.2, 0.25) is 0 Å². The maximum atomic E-state index is 11.7. The monoisotopic (exact) mass is 146 g/mol. The normalized spacial score (nSPS) is 84.2. The summed E-state index contributed by atoms with van der Waals surface area (Å²) in [6.45, 7) is 0. The number of carbonyl (C=O) groups excluding carboxylic acids is 1. The number of Topliss-reactive ketones (excluding diaryl/α,β-unsaturated/α-hetero) is 1. The minimum atomic E-state index is 0.602. The van der Waals surface area contributed by atoms with Crippen molar-refractivity contribution in [1.82, 2.24) is 0 Å². The van der Waals surface area contributed by atoms with Crippen LogP contribution >= 0.6 is 0 Å². The van der Waals surface area contributed by atoms with Gasteiger partial charge >= 0.3 is 0 Å². The second-order valence-corrected chi connectivity index (χ2v) is 5.33. The van der Waals surface area contributed by atoms with E-state index in [0.29, 0.717) is 17.6 Å². The second-order valence-electron chi connectivity index (χ2n) is 5.33. The quantitative estimate of drug-likeness (QED) is 0.497. The van der Waals surface area contributed by atoms with Gasteiger partial charge in [-0.15, -0.1) is 0 Å². The first kappa shape index (κ1) is 4.64. The average molecular weight is 146 g/mol. The van der Waals surface area contributed by atoms with Crippen molar-refractivity contribution in [2.75, 3.05) is 0 Å². The summed E-state index contributed by atoms with van der Waals surface area (Å²) in [6, 6.07) is 0. The molecule has 0 aliphatic heterocycles. The molecule has 0 N–H and O–H groups in total. The molecule has 1 nitrogen and oxygen atoms in total. The van der Waals surface area contributed by atoms with E-state index in [1.54, 1.807) is 0 Å². The average Bonchev–Trinajstić information content (AvgIpc) is 2.40. The van der Waals surface area contributed by atoms with Crippen LogP contribution in [0.2, 0.25) is 0 Å². The Bertz CT molecular complexity index is 304. The molecule has 0 spiro atoms. The molecule has 6 rings (SSSR count). The molecule has 0 aromatic carbocycles. The van der Waals surface area contributed by atoms with Gasteiger partial charge in [-0.1, -0.05) is 0 Å². The van der Waals surface area contributed by atoms with Gasteiger partial charge < -0.3 is 0 Å². The van der Waals surface area contributed by atoms with Crippen molar-refractivity contribution in [1.29, 1.82) is 0 Å². The fourth-order valence-corrected chi connectivity index (χ4v) is 5.83. The minimum absolute atomic E-state index is 0.602. The summed E-state index contributed by atoms with van der Waals surface area (Å²) in [5.74, 6) is 7.70. The predicted octanol–water partition coefficient (Wildman–Crippen LogP) is 0.943. The molecular weight excluding hydrogens is 136 g/mol. The van der Waals surface area contributed by atoms with E-state index < -0.39 is 0 Å². The van der Waals surface area contributed by atoms with Crippen LogP contribution in [0, 0.1) is 47.3 Å². The molecule has 0 saturated heterocycles. The molecule has 0 aromatic heterocycles. The van der Waals surface area contributed by atoms with Crippen LogP contribution in [0.4, 0.5) is 0 Å². The molecule has 0 aromatic rings. The van der Waals surface area contributed by atoms with Crippen molar-refractivity contribution in [3.05, 3.63) is 0 Å². The van der Waals surface area contributed by atoms with Crippen LogP contribution < -0.4 is 0 Å². The highest BCUT2D eigenvalue weighted by atomic mass is 16.1. The second kappa shape index (κ2) is 0.949. The van der Waals surface area contributed by atoms with Crippen LogP contribution in [-0.4, -0.2) is 5.78 Å². The third-order valence-electron chi connectivity index (χ3n) is 5.72. The van der Waals surface area contributed by atoms with Gasteiger partial charge in [0, 0.05) is 11.8 Å². The number of carbonyl (C=O) groups is 1. The first-order valence-electron chi connectivity index (χ1n) is 4.93. The van der Waals surface area contributed by atoms with Crippen molar-refractivity contribution in [3.8, 4) is 0 Å². The zero-order valence-electron chi connectivity index (χ0n) is 6.23. The van der Waals surface area contributed by atoms with E-state index >= 15 is 0 Å². The topological polar surface area (TPSA) is 17.1 Å². The van der Waals surface area contributed by atoms with Crippen LogP contribution in [0.3, 0.4) is 0 Å². The molecule has 56 valence electrons. The molecule has 11 heavy (non-hydrogen) atoms. The fourth-order valence-electron chi connectivity index (χ4n) is 5.83. The minimum Gasteiger partial charge on any atom is -0.299 e. The lowest BCUT2D eigenvalue weighted by atomic mass is 9.41. The number of rotatable bonds is 0. The Hall–Kier alpha value is -0.330. The van der Waals surface area contributed by atoms with E-state index in [-0.39, 0.29) is 0 Å². The van der Waals surface area contributed by atoms with Crippen molar-refractivity contribution < 1.29 is 4.79 Å². The third-order valence-corrected chi connectivity index (χ3v) is 5.72. The largest absolute Gasteiger partial charge is 0.299 e. The molecule has 6 saturated carbocycles. The lowest BCUT2D eigenvalue weighted by Gasteiger charge is -2.62. The molecule has 8 unspecified atom stereocenters. The Kier molecular flexibility index (Phi) is 0.400. The molecule has 0 radical (unpaired) electrons. The lowest BCUT2D eigenvalue weighted by molar-refractivity contribution is -0.170. The molecule has 6 aliphatic rings. The number of hydrogen-bond acceptors (Lipinski definition) is 1. The Morgan fingerprint density at radius 3 is 2.36 bits per heavy atom. The van der Waals surface area contributed by atoms with Crippen molar-refractivity contribution in [2.45, 2.75) is 6.42 Å². The SMILES string of the molecule is O=C1C2C3CC4C2C2C1C3C42. The Morgan fingerprint density at radius 1 is 0.909 bits per heavy atom. The summed E-state index contributed by atoms with van der Waals surface area (Å²) in [5.41, 5.74) is 0. The Balaban J connectivity index is 1.94. The Morgan fingerprint density at radius 2 is 1.73 bits per heavy atom. The van der Waals surface area contributed by atoms with Crippen LogP contribution in [-0.2, 0) is 4.79 Å². The summed E-state index contributed by atoms with van der Waals surface area (Å²) in [6.07, 6.45) is 1.45. The van der Waals surface area contributed by atoms with Gasteiger partial charge in [0.1, 0.15) is 5.78 Å². The van der Waals surface area contributed by atoms with E-state index in [0.717, 1.165) is 35.5 Å². The molecule has 0 heterocycles. The van der Waals surface area contributed by atoms with Gasteiger partial charge in [-0.3, -0.25) is 4.79 Å². The molecular formula is C10H10O. The molecule has 4 bridgehead atoms. The van der Waals surface area contributed by atoms with E-state index in [1.807, 2.05) is 0 Å².